The molecule has 0 rings (SSSR count). The number of nitrogens with two attached hydrogens (primary N) is 1. The number of hydrogen-bond acceptors (Lipinski definition) is 5. The molecule has 0 aromatic rings. The number of carbonyl (C=O) groups is 1. The highest BCUT2D eigenvalue weighted by atomic mass is 32.2. The van der Waals surface area contributed by atoms with Crippen LogP contribution < -0.4 is 5.73 Å². The van der Waals surface area contributed by atoms with Crippen LogP contribution in [0.4, 0.5) is 0 Å². The maximum atomic E-state index is 11.2. The molecule has 7 heteroatoms. The van der Waals surface area contributed by atoms with Crippen molar-refractivity contribution in [3.05, 3.63) is 0 Å². The molecule has 15 heavy (non-hydrogen) atoms. The molecule has 90 valence electrons. The fourth-order valence-electron chi connectivity index (χ4n) is 1.03. The van der Waals surface area contributed by atoms with Gasteiger partial charge in [0.05, 0.1) is 12.5 Å². The molecule has 0 aliphatic carbocycles. The van der Waals surface area contributed by atoms with Crippen LogP contribution in [0.2, 0.25) is 0 Å². The van der Waals surface area contributed by atoms with Crippen LogP contribution in [0, 0.1) is 5.41 Å². The third-order valence-electron chi connectivity index (χ3n) is 2.17. The van der Waals surface area contributed by atoms with Gasteiger partial charge in [0.15, 0.2) is 0 Å². The Balaban J connectivity index is 4.34. The average molecular weight is 239 g/mol. The molecule has 1 atom stereocenters. The smallest absolute Gasteiger partial charge is 0.311 e. The van der Waals surface area contributed by atoms with Crippen molar-refractivity contribution in [3.8, 4) is 0 Å². The maximum absolute atomic E-state index is 11.2. The Morgan fingerprint density at radius 1 is 1.53 bits per heavy atom. The van der Waals surface area contributed by atoms with Crippen LogP contribution in [0.1, 0.15) is 26.7 Å². The molecule has 0 heterocycles. The third-order valence-corrected chi connectivity index (χ3v) is 3.18. The van der Waals surface area contributed by atoms with Crippen LogP contribution in [0.25, 0.3) is 0 Å². The molecular weight excluding hydrogens is 222 g/mol. The van der Waals surface area contributed by atoms with E-state index in [1.165, 1.54) is 7.11 Å². The van der Waals surface area contributed by atoms with Gasteiger partial charge in [0.1, 0.15) is 5.37 Å². The molecular formula is C8H17NO5S. The van der Waals surface area contributed by atoms with Crippen molar-refractivity contribution >= 4 is 16.1 Å². The lowest BCUT2D eigenvalue weighted by atomic mass is 9.88. The van der Waals surface area contributed by atoms with Gasteiger partial charge in [-0.3, -0.25) is 9.35 Å². The zero-order valence-electron chi connectivity index (χ0n) is 9.06. The fourth-order valence-corrected chi connectivity index (χ4v) is 1.45. The predicted octanol–water partition coefficient (Wildman–Crippen LogP) is 0.138. The second-order valence-electron chi connectivity index (χ2n) is 3.97. The van der Waals surface area contributed by atoms with Crippen molar-refractivity contribution in [2.75, 3.05) is 7.11 Å². The summed E-state index contributed by atoms with van der Waals surface area (Å²) in [6, 6.07) is 0. The first-order chi connectivity index (χ1) is 6.61. The van der Waals surface area contributed by atoms with Crippen LogP contribution in [0.5, 0.6) is 0 Å². The minimum absolute atomic E-state index is 0.000926. The van der Waals surface area contributed by atoms with Crippen molar-refractivity contribution < 1.29 is 22.5 Å². The molecule has 0 bridgehead atoms. The Kier molecular flexibility index (Phi) is 4.69. The summed E-state index contributed by atoms with van der Waals surface area (Å²) in [5.41, 5.74) is 4.40. The monoisotopic (exact) mass is 239 g/mol. The van der Waals surface area contributed by atoms with E-state index in [0.717, 1.165) is 0 Å². The first kappa shape index (κ1) is 14.3. The zero-order chi connectivity index (χ0) is 12.3. The molecule has 0 fully saturated rings. The van der Waals surface area contributed by atoms with Crippen molar-refractivity contribution in [2.45, 2.75) is 32.1 Å². The van der Waals surface area contributed by atoms with E-state index in [-0.39, 0.29) is 12.8 Å². The third kappa shape index (κ3) is 4.59. The Morgan fingerprint density at radius 3 is 2.33 bits per heavy atom. The lowest BCUT2D eigenvalue weighted by Crippen LogP contribution is -2.33. The molecule has 6 nitrogen and oxygen atoms in total. The zero-order valence-corrected chi connectivity index (χ0v) is 9.87. The Hall–Kier alpha value is -0.660. The molecule has 0 saturated heterocycles. The second kappa shape index (κ2) is 4.91. The van der Waals surface area contributed by atoms with Gasteiger partial charge in [-0.25, -0.2) is 0 Å². The maximum Gasteiger partial charge on any atom is 0.311 e. The van der Waals surface area contributed by atoms with Gasteiger partial charge in [-0.05, 0) is 26.7 Å². The standard InChI is InChI=1S/C8H17NO5S/c1-8(2,7(10)14-3)5-4-6(9)15(11,12)13/h6H,4-5,9H2,1-3H3,(H,11,12,13). The molecule has 0 aliphatic rings. The highest BCUT2D eigenvalue weighted by Gasteiger charge is 2.30. The van der Waals surface area contributed by atoms with Crippen LogP contribution in [-0.2, 0) is 19.6 Å². The lowest BCUT2D eigenvalue weighted by molar-refractivity contribution is -0.151. The molecule has 1 unspecified atom stereocenters. The van der Waals surface area contributed by atoms with Crippen LogP contribution >= 0.6 is 0 Å². The molecule has 0 aromatic carbocycles. The number of hydrogen-bond donors (Lipinski definition) is 2. The van der Waals surface area contributed by atoms with E-state index in [2.05, 4.69) is 4.74 Å². The SMILES string of the molecule is COC(=O)C(C)(C)CCC(N)S(=O)(=O)O. The second-order valence-corrected chi connectivity index (χ2v) is 5.60. The van der Waals surface area contributed by atoms with E-state index in [4.69, 9.17) is 10.3 Å². The molecule has 0 aromatic heterocycles. The fraction of sp³-hybridized carbons (Fsp3) is 0.875. The molecule has 0 amide bonds. The number of methoxy groups -OCH3 is 1. The summed E-state index contributed by atoms with van der Waals surface area (Å²) in [4.78, 5) is 11.2. The summed E-state index contributed by atoms with van der Waals surface area (Å²) in [6.07, 6.45) is 0.224. The summed E-state index contributed by atoms with van der Waals surface area (Å²) >= 11 is 0. The summed E-state index contributed by atoms with van der Waals surface area (Å²) < 4.78 is 34.4. The average Bonchev–Trinajstić information content (AvgIpc) is 2.11. The Morgan fingerprint density at radius 2 is 2.00 bits per heavy atom. The molecule has 0 radical (unpaired) electrons. The number of rotatable bonds is 5. The topological polar surface area (TPSA) is 107 Å². The molecule has 3 N–H and O–H groups in total. The Labute approximate surface area is 89.5 Å². The summed E-state index contributed by atoms with van der Waals surface area (Å²) in [6.45, 7) is 3.24. The summed E-state index contributed by atoms with van der Waals surface area (Å²) in [5.74, 6) is -0.440. The van der Waals surface area contributed by atoms with E-state index in [0.29, 0.717) is 0 Å². The van der Waals surface area contributed by atoms with Gasteiger partial charge in [-0.2, -0.15) is 8.42 Å². The van der Waals surface area contributed by atoms with Crippen molar-refractivity contribution in [3.63, 3.8) is 0 Å². The lowest BCUT2D eigenvalue weighted by Gasteiger charge is -2.22. The van der Waals surface area contributed by atoms with Gasteiger partial charge >= 0.3 is 5.97 Å². The van der Waals surface area contributed by atoms with Gasteiger partial charge in [-0.15, -0.1) is 0 Å². The van der Waals surface area contributed by atoms with E-state index < -0.39 is 26.9 Å². The van der Waals surface area contributed by atoms with Crippen molar-refractivity contribution in [1.29, 1.82) is 0 Å². The molecule has 0 aliphatic heterocycles. The van der Waals surface area contributed by atoms with Crippen LogP contribution in [0.3, 0.4) is 0 Å². The van der Waals surface area contributed by atoms with Gasteiger partial charge < -0.3 is 10.5 Å². The van der Waals surface area contributed by atoms with Gasteiger partial charge in [-0.1, -0.05) is 0 Å². The van der Waals surface area contributed by atoms with Crippen molar-refractivity contribution in [2.24, 2.45) is 11.1 Å². The first-order valence-electron chi connectivity index (χ1n) is 4.41. The van der Waals surface area contributed by atoms with Gasteiger partial charge in [0.2, 0.25) is 0 Å². The van der Waals surface area contributed by atoms with Crippen LogP contribution in [-0.4, -0.2) is 31.4 Å². The predicted molar refractivity (Wildman–Crippen MR) is 54.6 cm³/mol. The van der Waals surface area contributed by atoms with E-state index in [1.807, 2.05) is 0 Å². The first-order valence-corrected chi connectivity index (χ1v) is 5.92. The normalized spacial score (nSPS) is 14.7. The van der Waals surface area contributed by atoms with Crippen molar-refractivity contribution in [1.82, 2.24) is 0 Å². The van der Waals surface area contributed by atoms with Gasteiger partial charge in [0.25, 0.3) is 10.1 Å². The largest absolute Gasteiger partial charge is 0.469 e. The molecule has 0 saturated carbocycles. The van der Waals surface area contributed by atoms with E-state index >= 15 is 0 Å². The summed E-state index contributed by atoms with van der Waals surface area (Å²) in [5, 5.41) is -1.36. The minimum Gasteiger partial charge on any atom is -0.469 e. The van der Waals surface area contributed by atoms with E-state index in [1.54, 1.807) is 13.8 Å². The van der Waals surface area contributed by atoms with Gasteiger partial charge in [0, 0.05) is 0 Å². The Bertz CT molecular complexity index is 322. The summed E-state index contributed by atoms with van der Waals surface area (Å²) in [7, 11) is -2.98. The molecule has 0 spiro atoms. The highest BCUT2D eigenvalue weighted by Crippen LogP contribution is 2.25. The minimum atomic E-state index is -4.23. The van der Waals surface area contributed by atoms with E-state index in [9.17, 15) is 13.2 Å². The van der Waals surface area contributed by atoms with Crippen LogP contribution in [0.15, 0.2) is 0 Å². The number of carbonyl (C=O) groups excluding carboxylic acids is 1. The number of ether oxygens (including phenoxy) is 1. The quantitative estimate of drug-likeness (QED) is 0.522. The highest BCUT2D eigenvalue weighted by molar-refractivity contribution is 7.86. The number of esters is 1.